The number of furan rings is 1. The molecule has 0 N–H and O–H groups in total. The number of nitrogens with zero attached hydrogens (tertiary/aromatic N) is 2. The molecule has 4 nitrogen and oxygen atoms in total. The van der Waals surface area contributed by atoms with Crippen LogP contribution in [-0.4, -0.2) is 10.8 Å². The summed E-state index contributed by atoms with van der Waals surface area (Å²) < 4.78 is 5.07. The van der Waals surface area contributed by atoms with Crippen molar-refractivity contribution in [3.63, 3.8) is 0 Å². The van der Waals surface area contributed by atoms with E-state index in [1.165, 1.54) is 17.6 Å². The number of hydrogen-bond donors (Lipinski definition) is 0. The topological polar surface area (TPSA) is 66.9 Å². The van der Waals surface area contributed by atoms with Gasteiger partial charge in [-0.25, -0.2) is 4.98 Å². The van der Waals surface area contributed by atoms with E-state index in [0.29, 0.717) is 16.3 Å². The minimum absolute atomic E-state index is 0.256. The molecule has 0 aliphatic heterocycles. The summed E-state index contributed by atoms with van der Waals surface area (Å²) in [5.41, 5.74) is 1.27. The van der Waals surface area contributed by atoms with Gasteiger partial charge in [-0.15, -0.1) is 11.3 Å². The molecule has 2 heterocycles. The Morgan fingerprint density at radius 3 is 2.82 bits per heavy atom. The maximum Gasteiger partial charge on any atom is 0.190 e. The van der Waals surface area contributed by atoms with Gasteiger partial charge in [0.2, 0.25) is 0 Å². The van der Waals surface area contributed by atoms with Crippen molar-refractivity contribution < 1.29 is 9.21 Å². The van der Waals surface area contributed by atoms with E-state index in [1.54, 1.807) is 13.0 Å². The number of aryl methyl sites for hydroxylation is 2. The molecular formula is C12H10N2O2S. The second-order valence-corrected chi connectivity index (χ2v) is 4.53. The first-order valence-electron chi connectivity index (χ1n) is 5.03. The zero-order valence-electron chi connectivity index (χ0n) is 9.43. The van der Waals surface area contributed by atoms with Gasteiger partial charge in [-0.1, -0.05) is 0 Å². The summed E-state index contributed by atoms with van der Waals surface area (Å²) in [7, 11) is 0. The highest BCUT2D eigenvalue weighted by atomic mass is 32.1. The lowest BCUT2D eigenvalue weighted by Crippen LogP contribution is -2.11. The fourth-order valence-corrected chi connectivity index (χ4v) is 2.36. The molecule has 2 aromatic rings. The molecule has 2 rings (SSSR count). The third kappa shape index (κ3) is 2.12. The Balaban J connectivity index is 2.36. The highest BCUT2D eigenvalue weighted by Gasteiger charge is 2.26. The van der Waals surface area contributed by atoms with E-state index >= 15 is 0 Å². The molecular weight excluding hydrogens is 236 g/mol. The van der Waals surface area contributed by atoms with Crippen LogP contribution in [0.1, 0.15) is 32.7 Å². The van der Waals surface area contributed by atoms with Crippen molar-refractivity contribution in [3.05, 3.63) is 39.7 Å². The largest absolute Gasteiger partial charge is 0.469 e. The molecule has 0 bridgehead atoms. The smallest absolute Gasteiger partial charge is 0.190 e. The highest BCUT2D eigenvalue weighted by Crippen LogP contribution is 2.25. The lowest BCUT2D eigenvalue weighted by atomic mass is 10.00. The molecule has 0 aromatic carbocycles. The van der Waals surface area contributed by atoms with Crippen molar-refractivity contribution in [2.24, 2.45) is 0 Å². The number of Topliss-reactive ketones (excluding diaryl/α,β-unsaturated/α-hetero) is 1. The summed E-state index contributed by atoms with van der Waals surface area (Å²) in [4.78, 5) is 16.3. The quantitative estimate of drug-likeness (QED) is 0.781. The molecule has 0 amide bonds. The van der Waals surface area contributed by atoms with Crippen LogP contribution in [-0.2, 0) is 0 Å². The van der Waals surface area contributed by atoms with Crippen LogP contribution in [0, 0.1) is 25.2 Å². The molecule has 0 spiro atoms. The minimum atomic E-state index is -0.843. The first kappa shape index (κ1) is 11.6. The SMILES string of the molecule is Cc1csc(C(C#N)C(=O)c2ccoc2C)n1. The van der Waals surface area contributed by atoms with Crippen LogP contribution in [0.4, 0.5) is 0 Å². The summed E-state index contributed by atoms with van der Waals surface area (Å²) in [5, 5.41) is 11.5. The van der Waals surface area contributed by atoms with E-state index in [4.69, 9.17) is 9.68 Å². The Kier molecular flexibility index (Phi) is 3.07. The standard InChI is InChI=1S/C12H10N2O2S/c1-7-6-17-12(14-7)10(5-13)11(15)9-3-4-16-8(9)2/h3-4,6,10H,1-2H3. The molecule has 1 atom stereocenters. The summed E-state index contributed by atoms with van der Waals surface area (Å²) in [6.45, 7) is 3.54. The van der Waals surface area contributed by atoms with Gasteiger partial charge in [0.25, 0.3) is 0 Å². The molecule has 0 aliphatic carbocycles. The molecule has 86 valence electrons. The van der Waals surface area contributed by atoms with E-state index in [9.17, 15) is 4.79 Å². The van der Waals surface area contributed by atoms with Crippen molar-refractivity contribution >= 4 is 17.1 Å². The van der Waals surface area contributed by atoms with Gasteiger partial charge in [0.05, 0.1) is 17.9 Å². The number of aromatic nitrogens is 1. The average molecular weight is 246 g/mol. The zero-order chi connectivity index (χ0) is 12.4. The molecule has 17 heavy (non-hydrogen) atoms. The Hall–Kier alpha value is -1.93. The van der Waals surface area contributed by atoms with Crippen molar-refractivity contribution in [2.45, 2.75) is 19.8 Å². The monoisotopic (exact) mass is 246 g/mol. The lowest BCUT2D eigenvalue weighted by Gasteiger charge is -2.03. The van der Waals surface area contributed by atoms with Crippen LogP contribution >= 0.6 is 11.3 Å². The second kappa shape index (κ2) is 4.52. The van der Waals surface area contributed by atoms with Crippen molar-refractivity contribution in [3.8, 4) is 6.07 Å². The summed E-state index contributed by atoms with van der Waals surface area (Å²) in [6.07, 6.45) is 1.45. The van der Waals surface area contributed by atoms with E-state index in [2.05, 4.69) is 4.98 Å². The van der Waals surface area contributed by atoms with Crippen LogP contribution in [0.25, 0.3) is 0 Å². The molecule has 5 heteroatoms. The van der Waals surface area contributed by atoms with Crippen LogP contribution in [0.15, 0.2) is 22.1 Å². The molecule has 0 fully saturated rings. The molecule has 0 saturated carbocycles. The molecule has 2 aromatic heterocycles. The van der Waals surface area contributed by atoms with Crippen LogP contribution in [0.3, 0.4) is 0 Å². The highest BCUT2D eigenvalue weighted by molar-refractivity contribution is 7.10. The predicted molar refractivity (Wildman–Crippen MR) is 63.0 cm³/mol. The zero-order valence-corrected chi connectivity index (χ0v) is 10.2. The van der Waals surface area contributed by atoms with Crippen LogP contribution < -0.4 is 0 Å². The van der Waals surface area contributed by atoms with Crippen molar-refractivity contribution in [1.29, 1.82) is 5.26 Å². The Morgan fingerprint density at radius 2 is 2.35 bits per heavy atom. The van der Waals surface area contributed by atoms with Gasteiger partial charge in [0, 0.05) is 11.1 Å². The van der Waals surface area contributed by atoms with Crippen LogP contribution in [0.2, 0.25) is 0 Å². The molecule has 1 unspecified atom stereocenters. The molecule has 0 radical (unpaired) electrons. The maximum atomic E-state index is 12.2. The summed E-state index contributed by atoms with van der Waals surface area (Å²) in [5.74, 6) is -0.568. The van der Waals surface area contributed by atoms with E-state index in [-0.39, 0.29) is 5.78 Å². The van der Waals surface area contributed by atoms with Crippen molar-refractivity contribution in [1.82, 2.24) is 4.98 Å². The van der Waals surface area contributed by atoms with E-state index in [1.807, 2.05) is 18.4 Å². The Labute approximate surface area is 103 Å². The molecule has 0 saturated heterocycles. The normalized spacial score (nSPS) is 12.1. The summed E-state index contributed by atoms with van der Waals surface area (Å²) in [6, 6.07) is 3.59. The lowest BCUT2D eigenvalue weighted by molar-refractivity contribution is 0.0977. The first-order valence-corrected chi connectivity index (χ1v) is 5.91. The Bertz CT molecular complexity index is 592. The number of carbonyl (C=O) groups is 1. The van der Waals surface area contributed by atoms with Gasteiger partial charge in [0.1, 0.15) is 10.8 Å². The van der Waals surface area contributed by atoms with Gasteiger partial charge in [-0.3, -0.25) is 4.79 Å². The fourth-order valence-electron chi connectivity index (χ4n) is 1.53. The van der Waals surface area contributed by atoms with Gasteiger partial charge >= 0.3 is 0 Å². The number of carbonyl (C=O) groups excluding carboxylic acids is 1. The predicted octanol–water partition coefficient (Wildman–Crippen LogP) is 2.84. The maximum absolute atomic E-state index is 12.2. The second-order valence-electron chi connectivity index (χ2n) is 3.64. The fraction of sp³-hybridized carbons (Fsp3) is 0.250. The number of ketones is 1. The summed E-state index contributed by atoms with van der Waals surface area (Å²) >= 11 is 1.33. The van der Waals surface area contributed by atoms with E-state index in [0.717, 1.165) is 5.69 Å². The third-order valence-electron chi connectivity index (χ3n) is 2.40. The average Bonchev–Trinajstić information content (AvgIpc) is 2.88. The van der Waals surface area contributed by atoms with Crippen LogP contribution in [0.5, 0.6) is 0 Å². The van der Waals surface area contributed by atoms with Gasteiger partial charge in [-0.2, -0.15) is 5.26 Å². The van der Waals surface area contributed by atoms with Gasteiger partial charge in [0.15, 0.2) is 11.7 Å². The van der Waals surface area contributed by atoms with Crippen molar-refractivity contribution in [2.75, 3.05) is 0 Å². The number of rotatable bonds is 3. The number of hydrogen-bond acceptors (Lipinski definition) is 5. The van der Waals surface area contributed by atoms with Gasteiger partial charge < -0.3 is 4.42 Å². The third-order valence-corrected chi connectivity index (χ3v) is 3.43. The number of nitriles is 1. The van der Waals surface area contributed by atoms with Gasteiger partial charge in [-0.05, 0) is 19.9 Å². The Morgan fingerprint density at radius 1 is 1.59 bits per heavy atom. The van der Waals surface area contributed by atoms with E-state index < -0.39 is 5.92 Å². The molecule has 0 aliphatic rings. The first-order chi connectivity index (χ1) is 8.13. The minimum Gasteiger partial charge on any atom is -0.469 e. The number of thiazole rings is 1.